The van der Waals surface area contributed by atoms with Crippen LogP contribution in [0.25, 0.3) is 28.1 Å². The van der Waals surface area contributed by atoms with Crippen molar-refractivity contribution in [3.8, 4) is 16.9 Å². The van der Waals surface area contributed by atoms with Gasteiger partial charge < -0.3 is 10.1 Å². The molecule has 37 heavy (non-hydrogen) atoms. The largest absolute Gasteiger partial charge is 0.383 e. The second kappa shape index (κ2) is 9.21. The molecule has 0 bridgehead atoms. The Morgan fingerprint density at radius 1 is 1.30 bits per heavy atom. The van der Waals surface area contributed by atoms with Crippen LogP contribution in [0, 0.1) is 12.3 Å². The average Bonchev–Trinajstić information content (AvgIpc) is 3.18. The van der Waals surface area contributed by atoms with Gasteiger partial charge in [-0.05, 0) is 31.5 Å². The number of hydrogen-bond acceptors (Lipinski definition) is 8. The summed E-state index contributed by atoms with van der Waals surface area (Å²) in [4.78, 5) is 23.4. The molecular formula is C25H29N9O3. The quantitative estimate of drug-likeness (QED) is 0.394. The molecule has 1 saturated carbocycles. The number of rotatable bonds is 7. The van der Waals surface area contributed by atoms with E-state index in [1.54, 1.807) is 29.7 Å². The third-order valence-electron chi connectivity index (χ3n) is 7.13. The molecule has 2 atom stereocenters. The van der Waals surface area contributed by atoms with Gasteiger partial charge in [0.25, 0.3) is 0 Å². The van der Waals surface area contributed by atoms with Gasteiger partial charge >= 0.3 is 6.03 Å². The van der Waals surface area contributed by atoms with Crippen LogP contribution in [0.4, 0.5) is 10.6 Å². The van der Waals surface area contributed by atoms with Gasteiger partial charge in [0.2, 0.25) is 0 Å². The normalized spacial score (nSPS) is 21.1. The number of ether oxygens (including phenoxy) is 1. The first-order valence-electron chi connectivity index (χ1n) is 12.2. The van der Waals surface area contributed by atoms with E-state index in [2.05, 4.69) is 25.9 Å². The van der Waals surface area contributed by atoms with Crippen molar-refractivity contribution in [2.45, 2.75) is 19.4 Å². The number of pyridine rings is 1. The Balaban J connectivity index is 1.25. The van der Waals surface area contributed by atoms with Gasteiger partial charge in [0.05, 0.1) is 24.6 Å². The molecule has 6 rings (SSSR count). The van der Waals surface area contributed by atoms with Crippen molar-refractivity contribution in [3.05, 3.63) is 48.2 Å². The average molecular weight is 504 g/mol. The van der Waals surface area contributed by atoms with Crippen LogP contribution < -0.4 is 10.6 Å². The van der Waals surface area contributed by atoms with E-state index in [9.17, 15) is 4.79 Å². The van der Waals surface area contributed by atoms with Crippen molar-refractivity contribution in [3.63, 3.8) is 0 Å². The summed E-state index contributed by atoms with van der Waals surface area (Å²) in [6.45, 7) is 4.65. The van der Waals surface area contributed by atoms with Gasteiger partial charge in [-0.15, -0.1) is 5.10 Å². The Morgan fingerprint density at radius 3 is 2.95 bits per heavy atom. The van der Waals surface area contributed by atoms with Crippen molar-refractivity contribution in [2.75, 3.05) is 38.7 Å². The van der Waals surface area contributed by atoms with Crippen LogP contribution >= 0.6 is 0 Å². The van der Waals surface area contributed by atoms with Crippen LogP contribution in [0.1, 0.15) is 12.0 Å². The smallest absolute Gasteiger partial charge is 0.320 e. The summed E-state index contributed by atoms with van der Waals surface area (Å²) in [5.41, 5.74) is 4.49. The minimum Gasteiger partial charge on any atom is -0.383 e. The SMILES string of the molecule is COCCN1C[C@@]2(CO1)CC2NC(=O)Nc1c(C)c(-c2cnc3c(c2)nnn3C)nn1-c1ccccc1. The van der Waals surface area contributed by atoms with E-state index >= 15 is 0 Å². The lowest BCUT2D eigenvalue weighted by Gasteiger charge is -2.14. The van der Waals surface area contributed by atoms with Crippen molar-refractivity contribution in [1.82, 2.24) is 40.1 Å². The van der Waals surface area contributed by atoms with E-state index in [-0.39, 0.29) is 17.5 Å². The zero-order chi connectivity index (χ0) is 25.6. The molecule has 1 aromatic carbocycles. The highest BCUT2D eigenvalue weighted by Crippen LogP contribution is 2.50. The fourth-order valence-corrected chi connectivity index (χ4v) is 4.92. The number of anilines is 1. The van der Waals surface area contributed by atoms with Gasteiger partial charge in [-0.1, -0.05) is 23.4 Å². The Bertz CT molecular complexity index is 1450. The number of nitrogens with zero attached hydrogens (tertiary/aromatic N) is 7. The number of aryl methyl sites for hydroxylation is 1. The molecule has 2 fully saturated rings. The number of fused-ring (bicyclic) bond motifs is 1. The topological polar surface area (TPSA) is 124 Å². The Labute approximate surface area is 213 Å². The first-order chi connectivity index (χ1) is 18.0. The maximum absolute atomic E-state index is 13.1. The molecule has 1 spiro atoms. The van der Waals surface area contributed by atoms with E-state index in [1.165, 1.54) is 0 Å². The van der Waals surface area contributed by atoms with Crippen LogP contribution in [0.15, 0.2) is 42.6 Å². The summed E-state index contributed by atoms with van der Waals surface area (Å²) < 4.78 is 8.52. The molecule has 1 aliphatic heterocycles. The summed E-state index contributed by atoms with van der Waals surface area (Å²) in [6.07, 6.45) is 2.64. The first kappa shape index (κ1) is 23.5. The molecule has 2 amide bonds. The third kappa shape index (κ3) is 4.32. The number of hydroxylamine groups is 2. The number of carbonyl (C=O) groups is 1. The number of aromatic nitrogens is 6. The zero-order valence-corrected chi connectivity index (χ0v) is 21.0. The minimum absolute atomic E-state index is 0.0389. The molecule has 12 heteroatoms. The molecule has 192 valence electrons. The van der Waals surface area contributed by atoms with Gasteiger partial charge in [-0.2, -0.15) is 10.2 Å². The molecule has 1 unspecified atom stereocenters. The highest BCUT2D eigenvalue weighted by molar-refractivity contribution is 5.91. The predicted molar refractivity (Wildman–Crippen MR) is 136 cm³/mol. The van der Waals surface area contributed by atoms with Gasteiger partial charge in [0.1, 0.15) is 11.3 Å². The lowest BCUT2D eigenvalue weighted by molar-refractivity contribution is -0.118. The van der Waals surface area contributed by atoms with Gasteiger partial charge in [-0.25, -0.2) is 19.1 Å². The molecule has 12 nitrogen and oxygen atoms in total. The number of methoxy groups -OCH3 is 1. The molecule has 1 aliphatic carbocycles. The minimum atomic E-state index is -0.272. The molecule has 2 N–H and O–H groups in total. The third-order valence-corrected chi connectivity index (χ3v) is 7.13. The summed E-state index contributed by atoms with van der Waals surface area (Å²) in [5.74, 6) is 0.594. The molecule has 4 heterocycles. The monoisotopic (exact) mass is 503 g/mol. The number of carbonyl (C=O) groups excluding carboxylic acids is 1. The van der Waals surface area contributed by atoms with E-state index in [0.717, 1.165) is 29.8 Å². The summed E-state index contributed by atoms with van der Waals surface area (Å²) >= 11 is 0. The maximum Gasteiger partial charge on any atom is 0.320 e. The second-order valence-electron chi connectivity index (χ2n) is 9.70. The lowest BCUT2D eigenvalue weighted by Crippen LogP contribution is -2.35. The van der Waals surface area contributed by atoms with Crippen molar-refractivity contribution in [2.24, 2.45) is 12.5 Å². The Morgan fingerprint density at radius 2 is 2.14 bits per heavy atom. The van der Waals surface area contributed by atoms with E-state index in [4.69, 9.17) is 14.7 Å². The number of urea groups is 1. The van der Waals surface area contributed by atoms with Crippen LogP contribution in [0.2, 0.25) is 0 Å². The predicted octanol–water partition coefficient (Wildman–Crippen LogP) is 2.30. The second-order valence-corrected chi connectivity index (χ2v) is 9.70. The summed E-state index contributed by atoms with van der Waals surface area (Å²) in [6, 6.07) is 11.4. The Hall–Kier alpha value is -3.87. The van der Waals surface area contributed by atoms with E-state index in [0.29, 0.717) is 42.4 Å². The summed E-state index contributed by atoms with van der Waals surface area (Å²) in [7, 11) is 3.48. The van der Waals surface area contributed by atoms with Crippen molar-refractivity contribution >= 4 is 23.0 Å². The molecule has 0 radical (unpaired) electrons. The molecule has 3 aromatic heterocycles. The fourth-order valence-electron chi connectivity index (χ4n) is 4.92. The zero-order valence-electron chi connectivity index (χ0n) is 21.0. The fraction of sp³-hybridized carbons (Fsp3) is 0.400. The number of para-hydroxylation sites is 1. The van der Waals surface area contributed by atoms with Gasteiger partial charge in [-0.3, -0.25) is 10.2 Å². The van der Waals surface area contributed by atoms with Crippen LogP contribution in [0.5, 0.6) is 0 Å². The van der Waals surface area contributed by atoms with Crippen LogP contribution in [-0.4, -0.2) is 80.3 Å². The van der Waals surface area contributed by atoms with Crippen molar-refractivity contribution < 1.29 is 14.4 Å². The number of hydrogen-bond donors (Lipinski definition) is 2. The lowest BCUT2D eigenvalue weighted by atomic mass is 10.1. The van der Waals surface area contributed by atoms with Gasteiger partial charge in [0.15, 0.2) is 5.65 Å². The van der Waals surface area contributed by atoms with Crippen LogP contribution in [-0.2, 0) is 16.6 Å². The molecule has 2 aliphatic rings. The number of benzene rings is 1. The number of amides is 2. The standard InChI is InChI=1S/C25H29N9O3/c1-16-21(17-11-19-23(26-13-17)32(2)31-29-19)30-34(18-7-5-4-6-8-18)22(16)28-24(35)27-20-12-25(20)14-33(37-15-25)9-10-36-3/h4-8,11,13,20H,9-10,12,14-15H2,1-3H3,(H2,27,28,35)/t20?,25-/m1/s1. The van der Waals surface area contributed by atoms with E-state index < -0.39 is 0 Å². The molecule has 1 saturated heterocycles. The summed E-state index contributed by atoms with van der Waals surface area (Å²) in [5, 5.41) is 21.2. The van der Waals surface area contributed by atoms with Crippen molar-refractivity contribution in [1.29, 1.82) is 0 Å². The first-order valence-corrected chi connectivity index (χ1v) is 12.2. The van der Waals surface area contributed by atoms with Crippen LogP contribution in [0.3, 0.4) is 0 Å². The van der Waals surface area contributed by atoms with Gasteiger partial charge in [0, 0.05) is 56.0 Å². The van der Waals surface area contributed by atoms with E-state index in [1.807, 2.05) is 48.4 Å². The Kier molecular flexibility index (Phi) is 5.86. The molecular weight excluding hydrogens is 474 g/mol. The molecule has 4 aromatic rings. The highest BCUT2D eigenvalue weighted by Gasteiger charge is 2.59. The highest BCUT2D eigenvalue weighted by atomic mass is 16.7. The maximum atomic E-state index is 13.1. The number of nitrogens with one attached hydrogen (secondary N) is 2.